The molecule has 0 saturated heterocycles. The smallest absolute Gasteiger partial charge is 0.257 e. The Morgan fingerprint density at radius 2 is 2.06 bits per heavy atom. The Bertz CT molecular complexity index is 596. The summed E-state index contributed by atoms with van der Waals surface area (Å²) in [5.41, 5.74) is 3.41. The number of aromatic nitrogens is 1. The average molecular weight is 261 g/mol. The number of anilines is 1. The number of aryl methyl sites for hydroxylation is 1. The quantitative estimate of drug-likeness (QED) is 0.896. The fourth-order valence-corrected chi connectivity index (χ4v) is 1.84. The SMILES string of the molecule is Cc1cccc(NC(=O)c2ccncc2Cl)c1C. The largest absolute Gasteiger partial charge is 0.322 e. The molecule has 0 saturated carbocycles. The molecular weight excluding hydrogens is 248 g/mol. The molecule has 0 fully saturated rings. The third kappa shape index (κ3) is 2.51. The van der Waals surface area contributed by atoms with E-state index in [2.05, 4.69) is 10.3 Å². The molecule has 92 valence electrons. The summed E-state index contributed by atoms with van der Waals surface area (Å²) in [7, 11) is 0. The van der Waals surface area contributed by atoms with Crippen LogP contribution in [0.2, 0.25) is 5.02 Å². The maximum absolute atomic E-state index is 12.1. The van der Waals surface area contributed by atoms with E-state index in [1.807, 2.05) is 32.0 Å². The van der Waals surface area contributed by atoms with Gasteiger partial charge < -0.3 is 5.32 Å². The molecule has 1 heterocycles. The molecule has 2 aromatic rings. The number of benzene rings is 1. The highest BCUT2D eigenvalue weighted by Crippen LogP contribution is 2.20. The van der Waals surface area contributed by atoms with Crippen molar-refractivity contribution < 1.29 is 4.79 Å². The highest BCUT2D eigenvalue weighted by Gasteiger charge is 2.11. The van der Waals surface area contributed by atoms with Crippen molar-refractivity contribution in [3.8, 4) is 0 Å². The van der Waals surface area contributed by atoms with Crippen LogP contribution in [-0.4, -0.2) is 10.9 Å². The van der Waals surface area contributed by atoms with Crippen LogP contribution in [0, 0.1) is 13.8 Å². The molecule has 1 aromatic heterocycles. The summed E-state index contributed by atoms with van der Waals surface area (Å²) in [6.45, 7) is 3.98. The number of carbonyl (C=O) groups is 1. The first-order chi connectivity index (χ1) is 8.59. The molecule has 1 N–H and O–H groups in total. The van der Waals surface area contributed by atoms with Crippen LogP contribution >= 0.6 is 11.6 Å². The Balaban J connectivity index is 2.27. The van der Waals surface area contributed by atoms with Crippen molar-refractivity contribution in [1.29, 1.82) is 0 Å². The van der Waals surface area contributed by atoms with E-state index in [-0.39, 0.29) is 5.91 Å². The lowest BCUT2D eigenvalue weighted by molar-refractivity contribution is 0.102. The van der Waals surface area contributed by atoms with Crippen molar-refractivity contribution in [3.05, 3.63) is 58.4 Å². The molecule has 2 rings (SSSR count). The van der Waals surface area contributed by atoms with Crippen molar-refractivity contribution in [2.45, 2.75) is 13.8 Å². The van der Waals surface area contributed by atoms with Gasteiger partial charge in [-0.05, 0) is 37.1 Å². The van der Waals surface area contributed by atoms with Crippen LogP contribution in [0.25, 0.3) is 0 Å². The topological polar surface area (TPSA) is 42.0 Å². The number of pyridine rings is 1. The fraction of sp³-hybridized carbons (Fsp3) is 0.143. The van der Waals surface area contributed by atoms with Gasteiger partial charge in [0.1, 0.15) is 0 Å². The van der Waals surface area contributed by atoms with E-state index in [0.717, 1.165) is 16.8 Å². The Kier molecular flexibility index (Phi) is 3.63. The molecular formula is C14H13ClN2O. The highest BCUT2D eigenvalue weighted by atomic mass is 35.5. The summed E-state index contributed by atoms with van der Waals surface area (Å²) in [6.07, 6.45) is 3.00. The van der Waals surface area contributed by atoms with E-state index in [0.29, 0.717) is 10.6 Å². The second kappa shape index (κ2) is 5.19. The number of nitrogens with one attached hydrogen (secondary N) is 1. The lowest BCUT2D eigenvalue weighted by atomic mass is 10.1. The minimum atomic E-state index is -0.226. The Morgan fingerprint density at radius 1 is 1.28 bits per heavy atom. The van der Waals surface area contributed by atoms with Crippen molar-refractivity contribution >= 4 is 23.2 Å². The second-order valence-corrected chi connectivity index (χ2v) is 4.46. The Morgan fingerprint density at radius 3 is 2.78 bits per heavy atom. The van der Waals surface area contributed by atoms with Crippen LogP contribution in [0.4, 0.5) is 5.69 Å². The molecule has 0 atom stereocenters. The molecule has 0 unspecified atom stereocenters. The standard InChI is InChI=1S/C14H13ClN2O/c1-9-4-3-5-13(10(9)2)17-14(18)11-6-7-16-8-12(11)15/h3-8H,1-2H3,(H,17,18). The number of amides is 1. The molecule has 1 aromatic carbocycles. The second-order valence-electron chi connectivity index (χ2n) is 4.06. The zero-order valence-electron chi connectivity index (χ0n) is 10.2. The lowest BCUT2D eigenvalue weighted by Gasteiger charge is -2.10. The summed E-state index contributed by atoms with van der Waals surface area (Å²) >= 11 is 5.93. The van der Waals surface area contributed by atoms with Crippen molar-refractivity contribution in [2.75, 3.05) is 5.32 Å². The highest BCUT2D eigenvalue weighted by molar-refractivity contribution is 6.34. The van der Waals surface area contributed by atoms with Gasteiger partial charge in [0.2, 0.25) is 0 Å². The van der Waals surface area contributed by atoms with Gasteiger partial charge in [0, 0.05) is 18.1 Å². The van der Waals surface area contributed by atoms with Crippen LogP contribution in [-0.2, 0) is 0 Å². The van der Waals surface area contributed by atoms with Crippen LogP contribution in [0.15, 0.2) is 36.7 Å². The fourth-order valence-electron chi connectivity index (χ4n) is 1.64. The summed E-state index contributed by atoms with van der Waals surface area (Å²) in [6, 6.07) is 7.38. The van der Waals surface area contributed by atoms with Gasteiger partial charge in [0.25, 0.3) is 5.91 Å². The van der Waals surface area contributed by atoms with Gasteiger partial charge in [-0.3, -0.25) is 9.78 Å². The first-order valence-corrected chi connectivity index (χ1v) is 5.94. The first kappa shape index (κ1) is 12.6. The number of rotatable bonds is 2. The summed E-state index contributed by atoms with van der Waals surface area (Å²) in [4.78, 5) is 15.9. The summed E-state index contributed by atoms with van der Waals surface area (Å²) < 4.78 is 0. The molecule has 4 heteroatoms. The van der Waals surface area contributed by atoms with Crippen molar-refractivity contribution in [3.63, 3.8) is 0 Å². The van der Waals surface area contributed by atoms with Gasteiger partial charge in [0.05, 0.1) is 10.6 Å². The van der Waals surface area contributed by atoms with Gasteiger partial charge >= 0.3 is 0 Å². The average Bonchev–Trinajstić information content (AvgIpc) is 2.35. The van der Waals surface area contributed by atoms with Gasteiger partial charge in [-0.15, -0.1) is 0 Å². The van der Waals surface area contributed by atoms with E-state index >= 15 is 0 Å². The number of carbonyl (C=O) groups excluding carboxylic acids is 1. The van der Waals surface area contributed by atoms with E-state index in [1.165, 1.54) is 6.20 Å². The van der Waals surface area contributed by atoms with Crippen molar-refractivity contribution in [2.24, 2.45) is 0 Å². The molecule has 0 aliphatic heterocycles. The molecule has 0 aliphatic carbocycles. The number of hydrogen-bond acceptors (Lipinski definition) is 2. The Hall–Kier alpha value is -1.87. The predicted octanol–water partition coefficient (Wildman–Crippen LogP) is 3.60. The van der Waals surface area contributed by atoms with E-state index in [4.69, 9.17) is 11.6 Å². The predicted molar refractivity (Wildman–Crippen MR) is 73.1 cm³/mol. The monoisotopic (exact) mass is 260 g/mol. The van der Waals surface area contributed by atoms with Gasteiger partial charge in [0.15, 0.2) is 0 Å². The minimum absolute atomic E-state index is 0.226. The van der Waals surface area contributed by atoms with E-state index in [1.54, 1.807) is 12.3 Å². The molecule has 0 bridgehead atoms. The minimum Gasteiger partial charge on any atom is -0.322 e. The third-order valence-corrected chi connectivity index (χ3v) is 3.17. The van der Waals surface area contributed by atoms with Crippen LogP contribution in [0.1, 0.15) is 21.5 Å². The molecule has 3 nitrogen and oxygen atoms in total. The van der Waals surface area contributed by atoms with Crippen LogP contribution < -0.4 is 5.32 Å². The van der Waals surface area contributed by atoms with Gasteiger partial charge in [-0.2, -0.15) is 0 Å². The van der Waals surface area contributed by atoms with E-state index in [9.17, 15) is 4.79 Å². The third-order valence-electron chi connectivity index (χ3n) is 2.87. The summed E-state index contributed by atoms with van der Waals surface area (Å²) in [5.74, 6) is -0.226. The maximum Gasteiger partial charge on any atom is 0.257 e. The van der Waals surface area contributed by atoms with Gasteiger partial charge in [-0.25, -0.2) is 0 Å². The molecule has 1 amide bonds. The number of halogens is 1. The maximum atomic E-state index is 12.1. The number of hydrogen-bond donors (Lipinski definition) is 1. The molecule has 0 spiro atoms. The first-order valence-electron chi connectivity index (χ1n) is 5.56. The molecule has 0 radical (unpaired) electrons. The zero-order chi connectivity index (χ0) is 13.1. The normalized spacial score (nSPS) is 10.2. The molecule has 18 heavy (non-hydrogen) atoms. The molecule has 0 aliphatic rings. The summed E-state index contributed by atoms with van der Waals surface area (Å²) in [5, 5.41) is 3.20. The van der Waals surface area contributed by atoms with Gasteiger partial charge in [-0.1, -0.05) is 23.7 Å². The van der Waals surface area contributed by atoms with E-state index < -0.39 is 0 Å². The van der Waals surface area contributed by atoms with Crippen LogP contribution in [0.5, 0.6) is 0 Å². The lowest BCUT2D eigenvalue weighted by Crippen LogP contribution is -2.13. The zero-order valence-corrected chi connectivity index (χ0v) is 11.0. The van der Waals surface area contributed by atoms with Crippen molar-refractivity contribution in [1.82, 2.24) is 4.98 Å². The van der Waals surface area contributed by atoms with Crippen LogP contribution in [0.3, 0.4) is 0 Å². The Labute approximate surface area is 111 Å². The number of nitrogens with zero attached hydrogens (tertiary/aromatic N) is 1.